The minimum Gasteiger partial charge on any atom is -0.445 e. The second kappa shape index (κ2) is 5.97. The van der Waals surface area contributed by atoms with Gasteiger partial charge in [0, 0.05) is 13.1 Å². The number of hydrogen-bond donors (Lipinski definition) is 1. The molecule has 110 valence electrons. The zero-order chi connectivity index (χ0) is 14.7. The molecule has 0 radical (unpaired) electrons. The summed E-state index contributed by atoms with van der Waals surface area (Å²) in [5.41, 5.74) is 0.961. The van der Waals surface area contributed by atoms with E-state index in [-0.39, 0.29) is 25.2 Å². The van der Waals surface area contributed by atoms with Crippen molar-refractivity contribution in [1.82, 2.24) is 9.88 Å². The third-order valence-electron chi connectivity index (χ3n) is 3.42. The van der Waals surface area contributed by atoms with Gasteiger partial charge in [0.1, 0.15) is 19.0 Å². The van der Waals surface area contributed by atoms with E-state index in [0.717, 1.165) is 5.56 Å². The average molecular weight is 288 g/mol. The normalized spacial score (nSPS) is 14.8. The van der Waals surface area contributed by atoms with Crippen molar-refractivity contribution in [2.24, 2.45) is 0 Å². The van der Waals surface area contributed by atoms with E-state index in [1.165, 1.54) is 6.20 Å². The van der Waals surface area contributed by atoms with Crippen LogP contribution in [-0.4, -0.2) is 34.2 Å². The Bertz CT molecular complexity index is 605. The summed E-state index contributed by atoms with van der Waals surface area (Å²) in [6, 6.07) is 9.56. The molecule has 1 fully saturated rings. The van der Waals surface area contributed by atoms with Crippen molar-refractivity contribution < 1.29 is 19.1 Å². The van der Waals surface area contributed by atoms with E-state index in [1.807, 2.05) is 30.3 Å². The number of oxazole rings is 1. The number of rotatable bonds is 4. The van der Waals surface area contributed by atoms with Gasteiger partial charge in [0.25, 0.3) is 0 Å². The smallest absolute Gasteiger partial charge is 0.410 e. The van der Waals surface area contributed by atoms with E-state index in [9.17, 15) is 4.79 Å². The highest BCUT2D eigenvalue weighted by molar-refractivity contribution is 5.69. The lowest BCUT2D eigenvalue weighted by Crippen LogP contribution is -2.48. The van der Waals surface area contributed by atoms with Gasteiger partial charge in [0.2, 0.25) is 5.89 Å². The maximum atomic E-state index is 11.8. The molecule has 21 heavy (non-hydrogen) atoms. The molecule has 1 aromatic carbocycles. The first-order chi connectivity index (χ1) is 10.3. The molecule has 0 spiro atoms. The Morgan fingerprint density at radius 3 is 2.81 bits per heavy atom. The predicted molar refractivity (Wildman–Crippen MR) is 73.4 cm³/mol. The number of ether oxygens (including phenoxy) is 1. The number of aromatic nitrogens is 1. The molecule has 1 N–H and O–H groups in total. The van der Waals surface area contributed by atoms with E-state index in [0.29, 0.717) is 24.7 Å². The average Bonchev–Trinajstić information content (AvgIpc) is 2.93. The Morgan fingerprint density at radius 2 is 2.14 bits per heavy atom. The van der Waals surface area contributed by atoms with E-state index in [2.05, 4.69) is 4.98 Å². The number of carbonyl (C=O) groups excluding carboxylic acids is 1. The van der Waals surface area contributed by atoms with Crippen LogP contribution in [0, 0.1) is 0 Å². The topological polar surface area (TPSA) is 75.8 Å². The summed E-state index contributed by atoms with van der Waals surface area (Å²) in [6.45, 7) is 1.16. The first-order valence-electron chi connectivity index (χ1n) is 6.77. The summed E-state index contributed by atoms with van der Waals surface area (Å²) in [6.07, 6.45) is 1.18. The molecule has 1 amide bonds. The third-order valence-corrected chi connectivity index (χ3v) is 3.42. The van der Waals surface area contributed by atoms with E-state index in [4.69, 9.17) is 14.3 Å². The number of hydrogen-bond acceptors (Lipinski definition) is 5. The van der Waals surface area contributed by atoms with Crippen LogP contribution < -0.4 is 0 Å². The summed E-state index contributed by atoms with van der Waals surface area (Å²) < 4.78 is 10.6. The Labute approximate surface area is 122 Å². The lowest BCUT2D eigenvalue weighted by molar-refractivity contribution is 0.0611. The molecule has 3 rings (SSSR count). The Hall–Kier alpha value is -2.34. The molecule has 0 atom stereocenters. The molecule has 6 heteroatoms. The Kier molecular flexibility index (Phi) is 3.87. The second-order valence-corrected chi connectivity index (χ2v) is 4.97. The van der Waals surface area contributed by atoms with Crippen molar-refractivity contribution in [3.8, 4) is 0 Å². The van der Waals surface area contributed by atoms with Crippen LogP contribution in [0.2, 0.25) is 0 Å². The molecule has 0 saturated carbocycles. The Balaban J connectivity index is 1.46. The molecule has 2 heterocycles. The van der Waals surface area contributed by atoms with Gasteiger partial charge in [-0.25, -0.2) is 9.78 Å². The summed E-state index contributed by atoms with van der Waals surface area (Å²) in [5.74, 6) is 1.08. The van der Waals surface area contributed by atoms with Gasteiger partial charge in [-0.3, -0.25) is 0 Å². The van der Waals surface area contributed by atoms with Gasteiger partial charge in [-0.05, 0) is 5.56 Å². The lowest BCUT2D eigenvalue weighted by atomic mass is 10.0. The zero-order valence-corrected chi connectivity index (χ0v) is 11.4. The first-order valence-corrected chi connectivity index (χ1v) is 6.77. The maximum absolute atomic E-state index is 11.8. The third kappa shape index (κ3) is 3.05. The fourth-order valence-corrected chi connectivity index (χ4v) is 2.18. The highest BCUT2D eigenvalue weighted by Gasteiger charge is 2.35. The number of benzene rings is 1. The Morgan fingerprint density at radius 1 is 1.38 bits per heavy atom. The maximum Gasteiger partial charge on any atom is 0.410 e. The minimum atomic E-state index is -0.330. The summed E-state index contributed by atoms with van der Waals surface area (Å²) >= 11 is 0. The van der Waals surface area contributed by atoms with Gasteiger partial charge in [-0.15, -0.1) is 0 Å². The lowest BCUT2D eigenvalue weighted by Gasteiger charge is -2.36. The standard InChI is InChI=1S/C15H16N2O4/c18-9-13-6-16-14(21-13)12-7-17(8-12)15(19)20-10-11-4-2-1-3-5-11/h1-6,12,18H,7-10H2. The van der Waals surface area contributed by atoms with E-state index < -0.39 is 0 Å². The molecule has 1 saturated heterocycles. The summed E-state index contributed by atoms with van der Waals surface area (Å²) in [5, 5.41) is 8.92. The van der Waals surface area contributed by atoms with Gasteiger partial charge in [0.05, 0.1) is 12.1 Å². The molecule has 0 aliphatic carbocycles. The predicted octanol–water partition coefficient (Wildman–Crippen LogP) is 1.90. The molecule has 1 aliphatic rings. The minimum absolute atomic E-state index is 0.0783. The number of aliphatic hydroxyl groups is 1. The molecular weight excluding hydrogens is 272 g/mol. The number of amides is 1. The van der Waals surface area contributed by atoms with Gasteiger partial charge < -0.3 is 19.2 Å². The van der Waals surface area contributed by atoms with Crippen LogP contribution in [0.4, 0.5) is 4.79 Å². The molecule has 1 aliphatic heterocycles. The van der Waals surface area contributed by atoms with Crippen LogP contribution >= 0.6 is 0 Å². The first kappa shape index (κ1) is 13.6. The monoisotopic (exact) mass is 288 g/mol. The highest BCUT2D eigenvalue weighted by atomic mass is 16.6. The molecule has 2 aromatic rings. The van der Waals surface area contributed by atoms with Gasteiger partial charge >= 0.3 is 6.09 Å². The van der Waals surface area contributed by atoms with E-state index >= 15 is 0 Å². The number of aliphatic hydroxyl groups excluding tert-OH is 1. The molecular formula is C15H16N2O4. The fraction of sp³-hybridized carbons (Fsp3) is 0.333. The van der Waals surface area contributed by atoms with Crippen LogP contribution in [0.1, 0.15) is 23.1 Å². The van der Waals surface area contributed by atoms with Crippen molar-refractivity contribution in [3.05, 3.63) is 53.7 Å². The number of nitrogens with zero attached hydrogens (tertiary/aromatic N) is 2. The van der Waals surface area contributed by atoms with Gasteiger partial charge in [-0.1, -0.05) is 30.3 Å². The summed E-state index contributed by atoms with van der Waals surface area (Å²) in [7, 11) is 0. The van der Waals surface area contributed by atoms with Crippen LogP contribution in [0.3, 0.4) is 0 Å². The van der Waals surface area contributed by atoms with E-state index in [1.54, 1.807) is 4.90 Å². The van der Waals surface area contributed by atoms with Crippen LogP contribution in [0.15, 0.2) is 40.9 Å². The largest absolute Gasteiger partial charge is 0.445 e. The van der Waals surface area contributed by atoms with Crippen LogP contribution in [0.25, 0.3) is 0 Å². The van der Waals surface area contributed by atoms with Crippen molar-refractivity contribution in [1.29, 1.82) is 0 Å². The van der Waals surface area contributed by atoms with Gasteiger partial charge in [0.15, 0.2) is 0 Å². The number of likely N-dealkylation sites (tertiary alicyclic amines) is 1. The number of carbonyl (C=O) groups is 1. The second-order valence-electron chi connectivity index (χ2n) is 4.97. The van der Waals surface area contributed by atoms with Crippen LogP contribution in [0.5, 0.6) is 0 Å². The van der Waals surface area contributed by atoms with Crippen molar-refractivity contribution in [2.45, 2.75) is 19.1 Å². The molecule has 0 unspecified atom stereocenters. The molecule has 6 nitrogen and oxygen atoms in total. The van der Waals surface area contributed by atoms with Crippen molar-refractivity contribution in [3.63, 3.8) is 0 Å². The zero-order valence-electron chi connectivity index (χ0n) is 11.4. The fourth-order valence-electron chi connectivity index (χ4n) is 2.18. The van der Waals surface area contributed by atoms with Crippen molar-refractivity contribution >= 4 is 6.09 Å². The summed E-state index contributed by atoms with van der Waals surface area (Å²) in [4.78, 5) is 17.5. The SMILES string of the molecule is O=C(OCc1ccccc1)N1CC(c2ncc(CO)o2)C1. The molecule has 1 aromatic heterocycles. The molecule has 0 bridgehead atoms. The quantitative estimate of drug-likeness (QED) is 0.930. The van der Waals surface area contributed by atoms with Crippen molar-refractivity contribution in [2.75, 3.05) is 13.1 Å². The highest BCUT2D eigenvalue weighted by Crippen LogP contribution is 2.27. The van der Waals surface area contributed by atoms with Gasteiger partial charge in [-0.2, -0.15) is 0 Å². The van der Waals surface area contributed by atoms with Crippen LogP contribution in [-0.2, 0) is 18.0 Å².